The van der Waals surface area contributed by atoms with E-state index in [1.54, 1.807) is 36.8 Å². The maximum absolute atomic E-state index is 14.4. The third kappa shape index (κ3) is 4.39. The van der Waals surface area contributed by atoms with Crippen LogP contribution in [0.4, 0.5) is 16.7 Å². The van der Waals surface area contributed by atoms with Crippen molar-refractivity contribution in [3.05, 3.63) is 60.3 Å². The number of urea groups is 1. The Morgan fingerprint density at radius 3 is 1.61 bits per heavy atom. The molecule has 224 valence electrons. The van der Waals surface area contributed by atoms with Crippen LogP contribution >= 0.6 is 0 Å². The van der Waals surface area contributed by atoms with E-state index in [1.807, 2.05) is 21.9 Å². The molecule has 6 aromatic heterocycles. The van der Waals surface area contributed by atoms with Crippen molar-refractivity contribution >= 4 is 29.2 Å². The Morgan fingerprint density at radius 1 is 0.705 bits per heavy atom. The highest BCUT2D eigenvalue weighted by Crippen LogP contribution is 2.37. The molecular weight excluding hydrogens is 564 g/mol. The lowest BCUT2D eigenvalue weighted by molar-refractivity contribution is 0.0854. The van der Waals surface area contributed by atoms with Crippen molar-refractivity contribution in [2.75, 3.05) is 24.6 Å². The Hall–Kier alpha value is -5.47. The van der Waals surface area contributed by atoms with Gasteiger partial charge < -0.3 is 30.1 Å². The molecule has 2 amide bonds. The molecule has 2 atom stereocenters. The first-order valence-electron chi connectivity index (χ1n) is 14.7. The van der Waals surface area contributed by atoms with E-state index in [-0.39, 0.29) is 30.0 Å². The smallest absolute Gasteiger partial charge is 0.321 e. The summed E-state index contributed by atoms with van der Waals surface area (Å²) in [5.41, 5.74) is 15.2. The number of piperidine rings is 2. The number of nitrogens with zero attached hydrogens (tertiary/aromatic N) is 10. The molecule has 2 fully saturated rings. The van der Waals surface area contributed by atoms with Crippen LogP contribution in [0.15, 0.2) is 57.8 Å². The van der Waals surface area contributed by atoms with Gasteiger partial charge in [0.2, 0.25) is 23.5 Å². The van der Waals surface area contributed by atoms with Crippen LogP contribution in [-0.4, -0.2) is 68.1 Å². The zero-order valence-corrected chi connectivity index (χ0v) is 23.8. The second-order valence-electron chi connectivity index (χ2n) is 11.1. The van der Waals surface area contributed by atoms with Gasteiger partial charge in [0, 0.05) is 25.2 Å². The maximum atomic E-state index is 14.4. The summed E-state index contributed by atoms with van der Waals surface area (Å²) in [5, 5.41) is 8.92. The molecule has 0 spiro atoms. The number of likely N-dealkylation sites (tertiary alicyclic amines) is 2. The second-order valence-corrected chi connectivity index (χ2v) is 11.1. The number of furan rings is 2. The largest absolute Gasteiger partial charge is 0.461 e. The SMILES string of the molecule is Nc1nc(C2CCCCN2C(=O)N2CCCCC2c2cc3nc(-c4ccco4)nn3c(N)n2)cc2nc(-c3ccco3)nn12. The minimum atomic E-state index is -0.261. The number of carbonyl (C=O) groups is 1. The zero-order valence-electron chi connectivity index (χ0n) is 23.8. The van der Waals surface area contributed by atoms with E-state index in [0.29, 0.717) is 58.9 Å². The van der Waals surface area contributed by atoms with Gasteiger partial charge in [-0.05, 0) is 62.8 Å². The Bertz CT molecular complexity index is 1820. The van der Waals surface area contributed by atoms with Gasteiger partial charge in [0.25, 0.3) is 0 Å². The average molecular weight is 595 g/mol. The third-order valence-corrected chi connectivity index (χ3v) is 8.40. The number of nitrogens with two attached hydrogens (primary N) is 2. The van der Waals surface area contributed by atoms with Crippen LogP contribution in [0.1, 0.15) is 62.0 Å². The first-order valence-corrected chi connectivity index (χ1v) is 14.7. The Labute approximate surface area is 250 Å². The highest BCUT2D eigenvalue weighted by Gasteiger charge is 2.37. The van der Waals surface area contributed by atoms with Gasteiger partial charge >= 0.3 is 6.03 Å². The standard InChI is InChI=1S/C29H30N12O3/c30-27-32-17(15-23-34-25(36-40(23)27)21-9-5-13-43-21)19-7-1-3-11-38(19)29(42)39-12-4-2-8-20(39)18-16-24-35-26(22-10-6-14-44-22)37-41(24)28(31)33-18/h5-6,9-10,13-16,19-20H,1-4,7-8,11-12H2,(H2,30,32)(H2,31,33). The van der Waals surface area contributed by atoms with Crippen LogP contribution in [0, 0.1) is 0 Å². The molecule has 0 saturated carbocycles. The molecular formula is C29H30N12O3. The molecule has 15 heteroatoms. The lowest BCUT2D eigenvalue weighted by Gasteiger charge is -2.43. The number of nitrogen functional groups attached to an aromatic ring is 2. The van der Waals surface area contributed by atoms with Gasteiger partial charge in [-0.2, -0.15) is 9.03 Å². The van der Waals surface area contributed by atoms with Crippen molar-refractivity contribution in [1.29, 1.82) is 0 Å². The van der Waals surface area contributed by atoms with E-state index in [9.17, 15) is 4.79 Å². The summed E-state index contributed by atoms with van der Waals surface area (Å²) < 4.78 is 13.9. The Kier molecular flexibility index (Phi) is 6.16. The molecule has 2 aliphatic heterocycles. The normalized spacial score (nSPS) is 19.3. The fraction of sp³-hybridized carbons (Fsp3) is 0.345. The van der Waals surface area contributed by atoms with Gasteiger partial charge in [-0.25, -0.2) is 24.7 Å². The summed E-state index contributed by atoms with van der Waals surface area (Å²) >= 11 is 0. The molecule has 0 aliphatic carbocycles. The van der Waals surface area contributed by atoms with Gasteiger partial charge in [0.05, 0.1) is 36.0 Å². The average Bonchev–Trinajstić information content (AvgIpc) is 3.87. The quantitative estimate of drug-likeness (QED) is 0.299. The maximum Gasteiger partial charge on any atom is 0.321 e. The lowest BCUT2D eigenvalue weighted by Crippen LogP contribution is -2.50. The van der Waals surface area contributed by atoms with Crippen LogP contribution in [0.3, 0.4) is 0 Å². The van der Waals surface area contributed by atoms with Gasteiger partial charge in [-0.1, -0.05) is 0 Å². The number of carbonyl (C=O) groups excluding carboxylic acids is 1. The van der Waals surface area contributed by atoms with Gasteiger partial charge in [0.15, 0.2) is 22.8 Å². The van der Waals surface area contributed by atoms with E-state index >= 15 is 0 Å². The van der Waals surface area contributed by atoms with Crippen molar-refractivity contribution < 1.29 is 13.6 Å². The number of rotatable bonds is 4. The van der Waals surface area contributed by atoms with E-state index in [4.69, 9.17) is 20.3 Å². The van der Waals surface area contributed by atoms with Crippen molar-refractivity contribution in [2.45, 2.75) is 50.6 Å². The fourth-order valence-electron chi connectivity index (χ4n) is 6.32. The van der Waals surface area contributed by atoms with Crippen molar-refractivity contribution in [3.63, 3.8) is 0 Å². The summed E-state index contributed by atoms with van der Waals surface area (Å²) in [6.45, 7) is 1.21. The molecule has 15 nitrogen and oxygen atoms in total. The topological polar surface area (TPSA) is 188 Å². The highest BCUT2D eigenvalue weighted by atomic mass is 16.3. The van der Waals surface area contributed by atoms with Crippen LogP contribution < -0.4 is 11.5 Å². The number of aromatic nitrogens is 8. The van der Waals surface area contributed by atoms with Gasteiger partial charge in [-0.15, -0.1) is 10.2 Å². The molecule has 2 aliphatic rings. The van der Waals surface area contributed by atoms with Crippen molar-refractivity contribution in [3.8, 4) is 23.2 Å². The van der Waals surface area contributed by atoms with Crippen LogP contribution in [0.5, 0.6) is 0 Å². The van der Waals surface area contributed by atoms with E-state index in [1.165, 1.54) is 9.03 Å². The van der Waals surface area contributed by atoms with E-state index in [2.05, 4.69) is 30.1 Å². The molecule has 2 unspecified atom stereocenters. The predicted molar refractivity (Wildman–Crippen MR) is 158 cm³/mol. The molecule has 0 aromatic carbocycles. The van der Waals surface area contributed by atoms with Gasteiger partial charge in [-0.3, -0.25) is 0 Å². The molecule has 44 heavy (non-hydrogen) atoms. The van der Waals surface area contributed by atoms with Crippen LogP contribution in [0.25, 0.3) is 34.5 Å². The van der Waals surface area contributed by atoms with E-state index in [0.717, 1.165) is 38.5 Å². The summed E-state index contributed by atoms with van der Waals surface area (Å²) in [6, 6.07) is 10.3. The number of anilines is 2. The third-order valence-electron chi connectivity index (χ3n) is 8.40. The number of fused-ring (bicyclic) bond motifs is 2. The number of hydrogen-bond donors (Lipinski definition) is 2. The van der Waals surface area contributed by atoms with E-state index < -0.39 is 0 Å². The summed E-state index contributed by atoms with van der Waals surface area (Å²) in [6.07, 6.45) is 8.40. The second kappa shape index (κ2) is 10.4. The Morgan fingerprint density at radius 2 is 1.18 bits per heavy atom. The fourth-order valence-corrected chi connectivity index (χ4v) is 6.32. The molecule has 2 saturated heterocycles. The summed E-state index contributed by atoms with van der Waals surface area (Å²) in [4.78, 5) is 36.8. The molecule has 6 aromatic rings. The minimum Gasteiger partial charge on any atom is -0.461 e. The lowest BCUT2D eigenvalue weighted by atomic mass is 9.97. The molecule has 0 bridgehead atoms. The number of amides is 2. The highest BCUT2D eigenvalue weighted by molar-refractivity contribution is 5.76. The Balaban J connectivity index is 1.11. The molecule has 8 rings (SSSR count). The van der Waals surface area contributed by atoms with Crippen LogP contribution in [0.2, 0.25) is 0 Å². The van der Waals surface area contributed by atoms with Crippen molar-refractivity contribution in [2.24, 2.45) is 0 Å². The van der Waals surface area contributed by atoms with Gasteiger partial charge in [0.1, 0.15) is 0 Å². The molecule has 4 N–H and O–H groups in total. The van der Waals surface area contributed by atoms with Crippen molar-refractivity contribution in [1.82, 2.24) is 49.0 Å². The zero-order chi connectivity index (χ0) is 29.8. The monoisotopic (exact) mass is 594 g/mol. The first-order chi connectivity index (χ1) is 21.5. The molecule has 8 heterocycles. The minimum absolute atomic E-state index is 0.0598. The predicted octanol–water partition coefficient (Wildman–Crippen LogP) is 4.12. The first kappa shape index (κ1) is 26.2. The number of hydrogen-bond acceptors (Lipinski definition) is 11. The van der Waals surface area contributed by atoms with Crippen LogP contribution in [-0.2, 0) is 0 Å². The molecule has 0 radical (unpaired) electrons. The summed E-state index contributed by atoms with van der Waals surface area (Å²) in [5.74, 6) is 2.31. The summed E-state index contributed by atoms with van der Waals surface area (Å²) in [7, 11) is 0.